The van der Waals surface area contributed by atoms with Crippen molar-refractivity contribution in [2.45, 2.75) is 24.3 Å². The summed E-state index contributed by atoms with van der Waals surface area (Å²) in [6, 6.07) is 5.41. The topological polar surface area (TPSA) is 66.5 Å². The molecule has 0 radical (unpaired) electrons. The van der Waals surface area contributed by atoms with Gasteiger partial charge >= 0.3 is 0 Å². The minimum atomic E-state index is -0.534. The van der Waals surface area contributed by atoms with Crippen LogP contribution in [0.5, 0.6) is 0 Å². The van der Waals surface area contributed by atoms with Crippen LogP contribution in [-0.4, -0.2) is 39.7 Å². The lowest BCUT2D eigenvalue weighted by Crippen LogP contribution is -2.52. The number of carbonyl (C=O) groups is 3. The van der Waals surface area contributed by atoms with Gasteiger partial charge in [-0.2, -0.15) is 0 Å². The first-order chi connectivity index (χ1) is 9.88. The predicted octanol–water partition coefficient (Wildman–Crippen LogP) is 1.64. The number of hydrogen-bond donors (Lipinski definition) is 1. The van der Waals surface area contributed by atoms with Gasteiger partial charge in [-0.1, -0.05) is 6.07 Å². The Morgan fingerprint density at radius 3 is 2.48 bits per heavy atom. The van der Waals surface area contributed by atoms with Crippen LogP contribution in [0.2, 0.25) is 0 Å². The van der Waals surface area contributed by atoms with Crippen molar-refractivity contribution in [1.29, 1.82) is 0 Å². The van der Waals surface area contributed by atoms with Gasteiger partial charge in [0, 0.05) is 5.69 Å². The zero-order valence-corrected chi connectivity index (χ0v) is 12.4. The Labute approximate surface area is 125 Å². The van der Waals surface area contributed by atoms with Gasteiger partial charge < -0.3 is 5.32 Å². The largest absolute Gasteiger partial charge is 0.324 e. The van der Waals surface area contributed by atoms with E-state index in [4.69, 9.17) is 0 Å². The fraction of sp³-hybridized carbons (Fsp3) is 0.357. The SMILES string of the molecule is C[C@@H]1S[C@H](C)C(=O)N(CC(=O)Nc2cccc(F)c2)C1=O. The summed E-state index contributed by atoms with van der Waals surface area (Å²) in [5.41, 5.74) is 0.285. The lowest BCUT2D eigenvalue weighted by Gasteiger charge is -2.31. The number of hydrogen-bond acceptors (Lipinski definition) is 4. The summed E-state index contributed by atoms with van der Waals surface area (Å²) in [5.74, 6) is -1.76. The Bertz CT molecular complexity index is 573. The quantitative estimate of drug-likeness (QED) is 0.862. The molecular weight excluding hydrogens is 295 g/mol. The summed E-state index contributed by atoms with van der Waals surface area (Å²) in [6.45, 7) is 3.05. The molecule has 21 heavy (non-hydrogen) atoms. The summed E-state index contributed by atoms with van der Waals surface area (Å²) in [6.07, 6.45) is 0. The van der Waals surface area contributed by atoms with E-state index in [9.17, 15) is 18.8 Å². The van der Waals surface area contributed by atoms with Crippen LogP contribution in [-0.2, 0) is 14.4 Å². The minimum absolute atomic E-state index is 0.285. The van der Waals surface area contributed by atoms with E-state index < -0.39 is 11.7 Å². The third kappa shape index (κ3) is 3.60. The molecule has 0 bridgehead atoms. The first-order valence-electron chi connectivity index (χ1n) is 6.44. The second kappa shape index (κ2) is 6.26. The molecule has 0 unspecified atom stereocenters. The van der Waals surface area contributed by atoms with Gasteiger partial charge in [-0.15, -0.1) is 11.8 Å². The molecule has 1 aromatic carbocycles. The van der Waals surface area contributed by atoms with E-state index in [0.29, 0.717) is 0 Å². The van der Waals surface area contributed by atoms with Gasteiger partial charge in [0.25, 0.3) is 0 Å². The molecule has 1 aliphatic heterocycles. The molecule has 0 aliphatic carbocycles. The highest BCUT2D eigenvalue weighted by Gasteiger charge is 2.37. The number of imide groups is 1. The van der Waals surface area contributed by atoms with Gasteiger partial charge in [0.05, 0.1) is 10.5 Å². The Morgan fingerprint density at radius 2 is 1.90 bits per heavy atom. The van der Waals surface area contributed by atoms with Crippen molar-refractivity contribution in [3.8, 4) is 0 Å². The van der Waals surface area contributed by atoms with Crippen LogP contribution in [0.25, 0.3) is 0 Å². The highest BCUT2D eigenvalue weighted by Crippen LogP contribution is 2.26. The average Bonchev–Trinajstić information content (AvgIpc) is 2.41. The van der Waals surface area contributed by atoms with Crippen LogP contribution < -0.4 is 5.32 Å². The maximum atomic E-state index is 13.0. The second-order valence-electron chi connectivity index (χ2n) is 4.74. The molecule has 0 saturated carbocycles. The smallest absolute Gasteiger partial charge is 0.244 e. The molecule has 7 heteroatoms. The molecule has 112 valence electrons. The number of halogens is 1. The molecule has 1 fully saturated rings. The van der Waals surface area contributed by atoms with Gasteiger partial charge in [0.1, 0.15) is 12.4 Å². The number of carbonyl (C=O) groups excluding carboxylic acids is 3. The monoisotopic (exact) mass is 310 g/mol. The van der Waals surface area contributed by atoms with Gasteiger partial charge in [-0.25, -0.2) is 4.39 Å². The van der Waals surface area contributed by atoms with Crippen molar-refractivity contribution < 1.29 is 18.8 Å². The standard InChI is InChI=1S/C14H15FN2O3S/c1-8-13(19)17(14(20)9(2)21-8)7-12(18)16-11-5-3-4-10(15)6-11/h3-6,8-9H,7H2,1-2H3,(H,16,18)/t8-,9+. The normalized spacial score (nSPS) is 22.3. The number of rotatable bonds is 3. The number of nitrogens with one attached hydrogen (secondary N) is 1. The number of nitrogens with zero attached hydrogens (tertiary/aromatic N) is 1. The maximum absolute atomic E-state index is 13.0. The average molecular weight is 310 g/mol. The van der Waals surface area contributed by atoms with Gasteiger partial charge in [-0.3, -0.25) is 19.3 Å². The van der Waals surface area contributed by atoms with Gasteiger partial charge in [0.15, 0.2) is 0 Å². The number of anilines is 1. The summed E-state index contributed by atoms with van der Waals surface area (Å²) in [4.78, 5) is 36.8. The summed E-state index contributed by atoms with van der Waals surface area (Å²) in [7, 11) is 0. The Hall–Kier alpha value is -1.89. The second-order valence-corrected chi connectivity index (χ2v) is 6.43. The first kappa shape index (κ1) is 15.5. The van der Waals surface area contributed by atoms with Crippen LogP contribution in [0, 0.1) is 5.82 Å². The van der Waals surface area contributed by atoms with Crippen molar-refractivity contribution >= 4 is 35.2 Å². The maximum Gasteiger partial charge on any atom is 0.244 e. The fourth-order valence-corrected chi connectivity index (χ4v) is 3.14. The van der Waals surface area contributed by atoms with Crippen molar-refractivity contribution in [2.75, 3.05) is 11.9 Å². The minimum Gasteiger partial charge on any atom is -0.324 e. The molecule has 2 atom stereocenters. The third-order valence-electron chi connectivity index (χ3n) is 3.05. The van der Waals surface area contributed by atoms with Crippen LogP contribution in [0.4, 0.5) is 10.1 Å². The fourth-order valence-electron chi connectivity index (χ4n) is 2.04. The van der Waals surface area contributed by atoms with E-state index in [2.05, 4.69) is 5.32 Å². The molecular formula is C14H15FN2O3S. The molecule has 2 rings (SSSR count). The zero-order valence-electron chi connectivity index (χ0n) is 11.6. The van der Waals surface area contributed by atoms with E-state index in [1.165, 1.54) is 36.0 Å². The van der Waals surface area contributed by atoms with Crippen molar-refractivity contribution in [3.63, 3.8) is 0 Å². The van der Waals surface area contributed by atoms with Crippen LogP contribution >= 0.6 is 11.8 Å². The molecule has 1 saturated heterocycles. The van der Waals surface area contributed by atoms with Crippen molar-refractivity contribution in [1.82, 2.24) is 4.90 Å². The number of benzene rings is 1. The number of amides is 3. The molecule has 1 aliphatic rings. The molecule has 3 amide bonds. The van der Waals surface area contributed by atoms with Crippen molar-refractivity contribution in [3.05, 3.63) is 30.1 Å². The molecule has 5 nitrogen and oxygen atoms in total. The Balaban J connectivity index is 2.04. The van der Waals surface area contributed by atoms with E-state index >= 15 is 0 Å². The van der Waals surface area contributed by atoms with Crippen molar-refractivity contribution in [2.24, 2.45) is 0 Å². The van der Waals surface area contributed by atoms with Gasteiger partial charge in [0.2, 0.25) is 17.7 Å². The highest BCUT2D eigenvalue weighted by molar-refractivity contribution is 8.02. The van der Waals surface area contributed by atoms with Crippen LogP contribution in [0.15, 0.2) is 24.3 Å². The molecule has 0 spiro atoms. The molecule has 1 aromatic rings. The zero-order chi connectivity index (χ0) is 15.6. The summed E-state index contributed by atoms with van der Waals surface area (Å²) in [5, 5.41) is 1.75. The van der Waals surface area contributed by atoms with E-state index in [1.807, 2.05) is 0 Å². The van der Waals surface area contributed by atoms with Crippen LogP contribution in [0.1, 0.15) is 13.8 Å². The first-order valence-corrected chi connectivity index (χ1v) is 7.39. The van der Waals surface area contributed by atoms with Crippen LogP contribution in [0.3, 0.4) is 0 Å². The molecule has 1 N–H and O–H groups in total. The molecule has 0 aromatic heterocycles. The van der Waals surface area contributed by atoms with E-state index in [1.54, 1.807) is 13.8 Å². The lowest BCUT2D eigenvalue weighted by atomic mass is 10.2. The number of thioether (sulfide) groups is 1. The lowest BCUT2D eigenvalue weighted by molar-refractivity contribution is -0.147. The predicted molar refractivity (Wildman–Crippen MR) is 78.3 cm³/mol. The Kier molecular flexibility index (Phi) is 4.62. The third-order valence-corrected chi connectivity index (χ3v) is 4.27. The van der Waals surface area contributed by atoms with E-state index in [0.717, 1.165) is 4.90 Å². The Morgan fingerprint density at radius 1 is 1.29 bits per heavy atom. The van der Waals surface area contributed by atoms with Gasteiger partial charge in [-0.05, 0) is 32.0 Å². The summed E-state index contributed by atoms with van der Waals surface area (Å²) >= 11 is 1.27. The molecule has 1 heterocycles. The van der Waals surface area contributed by atoms with E-state index in [-0.39, 0.29) is 34.5 Å². The highest BCUT2D eigenvalue weighted by atomic mass is 32.2. The summed E-state index contributed by atoms with van der Waals surface area (Å²) < 4.78 is 13.0.